The molecule has 0 saturated heterocycles. The molecule has 13 heavy (non-hydrogen) atoms. The summed E-state index contributed by atoms with van der Waals surface area (Å²) in [5, 5.41) is 0. The molecule has 0 saturated carbocycles. The third-order valence-electron chi connectivity index (χ3n) is 1.46. The van der Waals surface area contributed by atoms with E-state index in [1.165, 1.54) is 19.4 Å². The monoisotopic (exact) mass is 240 g/mol. The van der Waals surface area contributed by atoms with Crippen molar-refractivity contribution in [1.29, 1.82) is 0 Å². The number of ether oxygens (including phenoxy) is 1. The van der Waals surface area contributed by atoms with Crippen molar-refractivity contribution in [3.8, 4) is 0 Å². The molecule has 1 aromatic carbocycles. The van der Waals surface area contributed by atoms with Gasteiger partial charge in [-0.25, -0.2) is 0 Å². The Bertz CT molecular complexity index is 331. The van der Waals surface area contributed by atoms with Gasteiger partial charge in [-0.15, -0.1) is 0 Å². The predicted molar refractivity (Wildman–Crippen MR) is 54.6 cm³/mol. The van der Waals surface area contributed by atoms with Crippen molar-refractivity contribution in [2.45, 2.75) is 0 Å². The lowest BCUT2D eigenvalue weighted by Gasteiger charge is -1.95. The first-order valence-corrected chi connectivity index (χ1v) is 4.52. The number of rotatable bonds is 3. The first-order chi connectivity index (χ1) is 6.24. The molecule has 0 N–H and O–H groups in total. The Balaban J connectivity index is 2.83. The highest BCUT2D eigenvalue weighted by atomic mass is 79.9. The van der Waals surface area contributed by atoms with Gasteiger partial charge >= 0.3 is 0 Å². The first-order valence-electron chi connectivity index (χ1n) is 3.73. The van der Waals surface area contributed by atoms with E-state index >= 15 is 0 Å². The predicted octanol–water partition coefficient (Wildman–Crippen LogP) is 2.79. The van der Waals surface area contributed by atoms with Crippen LogP contribution in [-0.4, -0.2) is 12.9 Å². The van der Waals surface area contributed by atoms with Crippen molar-refractivity contribution in [1.82, 2.24) is 0 Å². The maximum absolute atomic E-state index is 11.4. The maximum atomic E-state index is 11.4. The molecule has 0 spiro atoms. The Morgan fingerprint density at radius 3 is 2.92 bits per heavy atom. The topological polar surface area (TPSA) is 26.3 Å². The molecule has 0 amide bonds. The van der Waals surface area contributed by atoms with Crippen molar-refractivity contribution in [2.24, 2.45) is 0 Å². The molecule has 2 nitrogen and oxygen atoms in total. The van der Waals surface area contributed by atoms with E-state index in [1.54, 1.807) is 12.1 Å². The lowest BCUT2D eigenvalue weighted by Crippen LogP contribution is -1.93. The number of carbonyl (C=O) groups excluding carboxylic acids is 1. The Hall–Kier alpha value is -1.09. The van der Waals surface area contributed by atoms with Gasteiger partial charge in [-0.2, -0.15) is 0 Å². The van der Waals surface area contributed by atoms with Crippen LogP contribution >= 0.6 is 15.9 Å². The number of allylic oxidation sites excluding steroid dienone is 1. The van der Waals surface area contributed by atoms with Crippen LogP contribution in [0.3, 0.4) is 0 Å². The van der Waals surface area contributed by atoms with Crippen LogP contribution in [0.2, 0.25) is 0 Å². The zero-order valence-electron chi connectivity index (χ0n) is 7.16. The van der Waals surface area contributed by atoms with Crippen LogP contribution in [0.1, 0.15) is 10.4 Å². The average Bonchev–Trinajstić information content (AvgIpc) is 2.14. The van der Waals surface area contributed by atoms with Crippen LogP contribution in [0.4, 0.5) is 0 Å². The second-order valence-electron chi connectivity index (χ2n) is 2.41. The Kier molecular flexibility index (Phi) is 3.71. The van der Waals surface area contributed by atoms with Gasteiger partial charge in [0.2, 0.25) is 0 Å². The van der Waals surface area contributed by atoms with Crippen LogP contribution in [0.15, 0.2) is 41.1 Å². The second-order valence-corrected chi connectivity index (χ2v) is 3.33. The molecule has 0 radical (unpaired) electrons. The molecule has 0 bridgehead atoms. The van der Waals surface area contributed by atoms with E-state index in [4.69, 9.17) is 0 Å². The van der Waals surface area contributed by atoms with Crippen LogP contribution in [0.5, 0.6) is 0 Å². The molecule has 0 atom stereocenters. The van der Waals surface area contributed by atoms with E-state index in [0.717, 1.165) is 4.47 Å². The minimum absolute atomic E-state index is 0.0665. The Labute approximate surface area is 85.3 Å². The largest absolute Gasteiger partial charge is 0.504 e. The maximum Gasteiger partial charge on any atom is 0.188 e. The van der Waals surface area contributed by atoms with Gasteiger partial charge in [0.05, 0.1) is 13.4 Å². The molecule has 1 rings (SSSR count). The summed E-state index contributed by atoms with van der Waals surface area (Å²) in [5.41, 5.74) is 0.641. The van der Waals surface area contributed by atoms with E-state index in [0.29, 0.717) is 5.56 Å². The summed E-state index contributed by atoms with van der Waals surface area (Å²) in [4.78, 5) is 11.4. The molecule has 3 heteroatoms. The highest BCUT2D eigenvalue weighted by Gasteiger charge is 2.00. The molecule has 0 aliphatic carbocycles. The van der Waals surface area contributed by atoms with Crippen molar-refractivity contribution in [3.63, 3.8) is 0 Å². The lowest BCUT2D eigenvalue weighted by molar-refractivity contribution is 0.104. The summed E-state index contributed by atoms with van der Waals surface area (Å²) in [6.45, 7) is 0. The van der Waals surface area contributed by atoms with Gasteiger partial charge < -0.3 is 4.74 Å². The molecular formula is C10H9BrO2. The number of halogens is 1. The van der Waals surface area contributed by atoms with Crippen molar-refractivity contribution < 1.29 is 9.53 Å². The highest BCUT2D eigenvalue weighted by Crippen LogP contribution is 2.12. The van der Waals surface area contributed by atoms with E-state index in [9.17, 15) is 4.79 Å². The van der Waals surface area contributed by atoms with Gasteiger partial charge in [-0.3, -0.25) is 4.79 Å². The summed E-state index contributed by atoms with van der Waals surface area (Å²) >= 11 is 3.29. The lowest BCUT2D eigenvalue weighted by atomic mass is 10.1. The number of hydrogen-bond acceptors (Lipinski definition) is 2. The Morgan fingerprint density at radius 1 is 1.54 bits per heavy atom. The molecule has 1 aromatic rings. The van der Waals surface area contributed by atoms with E-state index in [2.05, 4.69) is 20.7 Å². The molecule has 0 heterocycles. The van der Waals surface area contributed by atoms with E-state index in [1.807, 2.05) is 12.1 Å². The van der Waals surface area contributed by atoms with Crippen LogP contribution in [-0.2, 0) is 4.74 Å². The average molecular weight is 241 g/mol. The van der Waals surface area contributed by atoms with Gasteiger partial charge in [0.15, 0.2) is 5.78 Å². The van der Waals surface area contributed by atoms with E-state index < -0.39 is 0 Å². The number of carbonyl (C=O) groups is 1. The number of methoxy groups -OCH3 is 1. The standard InChI is InChI=1S/C10H9BrO2/c1-13-6-5-10(12)8-3-2-4-9(11)7-8/h2-7H,1H3/b6-5+. The Morgan fingerprint density at radius 2 is 2.31 bits per heavy atom. The van der Waals surface area contributed by atoms with Gasteiger partial charge in [0.1, 0.15) is 0 Å². The zero-order valence-corrected chi connectivity index (χ0v) is 8.74. The summed E-state index contributed by atoms with van der Waals surface area (Å²) in [6.07, 6.45) is 2.75. The summed E-state index contributed by atoms with van der Waals surface area (Å²) in [6, 6.07) is 7.21. The number of ketones is 1. The molecule has 0 unspecified atom stereocenters. The highest BCUT2D eigenvalue weighted by molar-refractivity contribution is 9.10. The van der Waals surface area contributed by atoms with Crippen molar-refractivity contribution in [2.75, 3.05) is 7.11 Å². The SMILES string of the molecule is CO/C=C/C(=O)c1cccc(Br)c1. The van der Waals surface area contributed by atoms with Crippen molar-refractivity contribution >= 4 is 21.7 Å². The zero-order chi connectivity index (χ0) is 9.68. The van der Waals surface area contributed by atoms with Gasteiger partial charge in [0, 0.05) is 16.1 Å². The quantitative estimate of drug-likeness (QED) is 0.462. The molecule has 68 valence electrons. The summed E-state index contributed by atoms with van der Waals surface area (Å²) < 4.78 is 5.54. The van der Waals surface area contributed by atoms with Gasteiger partial charge in [-0.05, 0) is 12.1 Å². The fourth-order valence-corrected chi connectivity index (χ4v) is 1.27. The van der Waals surface area contributed by atoms with Gasteiger partial charge in [-0.1, -0.05) is 28.1 Å². The molecule has 0 aromatic heterocycles. The van der Waals surface area contributed by atoms with E-state index in [-0.39, 0.29) is 5.78 Å². The van der Waals surface area contributed by atoms with Crippen LogP contribution < -0.4 is 0 Å². The minimum Gasteiger partial charge on any atom is -0.504 e. The summed E-state index contributed by atoms with van der Waals surface area (Å²) in [7, 11) is 1.50. The van der Waals surface area contributed by atoms with Crippen LogP contribution in [0.25, 0.3) is 0 Å². The third-order valence-corrected chi connectivity index (χ3v) is 1.96. The normalized spacial score (nSPS) is 10.3. The smallest absolute Gasteiger partial charge is 0.188 e. The molecule has 0 fully saturated rings. The third kappa shape index (κ3) is 3.03. The second kappa shape index (κ2) is 4.82. The minimum atomic E-state index is -0.0665. The fraction of sp³-hybridized carbons (Fsp3) is 0.100. The molecule has 0 aliphatic rings. The van der Waals surface area contributed by atoms with Crippen molar-refractivity contribution in [3.05, 3.63) is 46.6 Å². The molecule has 0 aliphatic heterocycles. The number of hydrogen-bond donors (Lipinski definition) is 0. The van der Waals surface area contributed by atoms with Crippen LogP contribution in [0, 0.1) is 0 Å². The first kappa shape index (κ1) is 9.99. The molecular weight excluding hydrogens is 232 g/mol. The number of benzene rings is 1. The summed E-state index contributed by atoms with van der Waals surface area (Å²) in [5.74, 6) is -0.0665. The van der Waals surface area contributed by atoms with Gasteiger partial charge in [0.25, 0.3) is 0 Å². The fourth-order valence-electron chi connectivity index (χ4n) is 0.868.